The lowest BCUT2D eigenvalue weighted by Gasteiger charge is -2.22. The van der Waals surface area contributed by atoms with Crippen LogP contribution in [0.25, 0.3) is 22.6 Å². The highest BCUT2D eigenvalue weighted by atomic mass is 32.1. The zero-order valence-corrected chi connectivity index (χ0v) is 18.6. The number of hydrogen-bond donors (Lipinski definition) is 1. The lowest BCUT2D eigenvalue weighted by atomic mass is 9.86. The number of fused-ring (bicyclic) bond motifs is 2. The van der Waals surface area contributed by atoms with Crippen LogP contribution in [0, 0.1) is 0 Å². The van der Waals surface area contributed by atoms with Gasteiger partial charge in [0.15, 0.2) is 6.61 Å². The van der Waals surface area contributed by atoms with Gasteiger partial charge in [-0.3, -0.25) is 4.79 Å². The highest BCUT2D eigenvalue weighted by molar-refractivity contribution is 7.10. The van der Waals surface area contributed by atoms with Gasteiger partial charge in [-0.2, -0.15) is 0 Å². The number of ether oxygens (including phenoxy) is 1. The van der Waals surface area contributed by atoms with E-state index in [-0.39, 0.29) is 18.6 Å². The lowest BCUT2D eigenvalue weighted by molar-refractivity contribution is -0.124. The van der Waals surface area contributed by atoms with Crippen molar-refractivity contribution in [3.8, 4) is 0 Å². The molecule has 1 aromatic carbocycles. The molecule has 160 valence electrons. The van der Waals surface area contributed by atoms with E-state index in [1.54, 1.807) is 11.3 Å². The largest absolute Gasteiger partial charge is 0.452 e. The highest BCUT2D eigenvalue weighted by Crippen LogP contribution is 2.36. The first-order valence-electron chi connectivity index (χ1n) is 10.7. The van der Waals surface area contributed by atoms with Gasteiger partial charge in [-0.15, -0.1) is 11.3 Å². The zero-order chi connectivity index (χ0) is 21.8. The van der Waals surface area contributed by atoms with Crippen LogP contribution in [-0.4, -0.2) is 29.5 Å². The van der Waals surface area contributed by atoms with Gasteiger partial charge in [0.1, 0.15) is 0 Å². The molecule has 0 fully saturated rings. The van der Waals surface area contributed by atoms with Gasteiger partial charge in [-0.05, 0) is 67.3 Å². The van der Waals surface area contributed by atoms with Crippen molar-refractivity contribution < 1.29 is 14.3 Å². The number of amides is 1. The van der Waals surface area contributed by atoms with Crippen molar-refractivity contribution in [2.75, 3.05) is 6.61 Å². The maximum Gasteiger partial charge on any atom is 0.339 e. The van der Waals surface area contributed by atoms with Crippen molar-refractivity contribution in [1.82, 2.24) is 10.3 Å². The Balaban J connectivity index is 1.71. The van der Waals surface area contributed by atoms with Gasteiger partial charge < -0.3 is 10.1 Å². The minimum atomic E-state index is -0.466. The van der Waals surface area contributed by atoms with Gasteiger partial charge in [0.25, 0.3) is 5.91 Å². The van der Waals surface area contributed by atoms with Crippen molar-refractivity contribution in [2.45, 2.75) is 45.6 Å². The predicted molar refractivity (Wildman–Crippen MR) is 125 cm³/mol. The van der Waals surface area contributed by atoms with Gasteiger partial charge in [-0.25, -0.2) is 9.78 Å². The number of allylic oxidation sites excluding steroid dienone is 1. The van der Waals surface area contributed by atoms with Gasteiger partial charge in [-0.1, -0.05) is 31.2 Å². The number of carbonyl (C=O) groups is 2. The minimum absolute atomic E-state index is 0.0469. The number of benzene rings is 1. The highest BCUT2D eigenvalue weighted by Gasteiger charge is 2.26. The summed E-state index contributed by atoms with van der Waals surface area (Å²) in [6.45, 7) is 3.63. The molecule has 4 rings (SSSR count). The summed E-state index contributed by atoms with van der Waals surface area (Å²) in [5.41, 5.74) is 4.22. The topological polar surface area (TPSA) is 68.3 Å². The fraction of sp³-hybridized carbons (Fsp3) is 0.320. The average Bonchev–Trinajstić information content (AvgIpc) is 3.29. The van der Waals surface area contributed by atoms with E-state index in [0.717, 1.165) is 53.4 Å². The van der Waals surface area contributed by atoms with Gasteiger partial charge in [0.05, 0.1) is 16.8 Å². The van der Waals surface area contributed by atoms with E-state index in [2.05, 4.69) is 22.8 Å². The summed E-state index contributed by atoms with van der Waals surface area (Å²) in [6, 6.07) is 11.8. The minimum Gasteiger partial charge on any atom is -0.452 e. The molecule has 6 heteroatoms. The summed E-state index contributed by atoms with van der Waals surface area (Å²) in [7, 11) is 0. The third kappa shape index (κ3) is 4.69. The standard InChI is InChI=1S/C25H26N2O3S/c1-3-16(2)26-22(28)15-30-25(29)23-19-10-4-5-12-21(19)27-24-17(8-6-11-20(23)24)14-18-9-7-13-31-18/h4-5,7,9-10,12-14,16H,3,6,8,11,15H2,1-2H3,(H,26,28)/b17-14-/t16-/m0/s1. The van der Waals surface area contributed by atoms with Crippen LogP contribution in [0.15, 0.2) is 41.8 Å². The number of hydrogen-bond acceptors (Lipinski definition) is 5. The second kappa shape index (κ2) is 9.43. The lowest BCUT2D eigenvalue weighted by Crippen LogP contribution is -2.35. The van der Waals surface area contributed by atoms with E-state index in [4.69, 9.17) is 9.72 Å². The SMILES string of the molecule is CC[C@H](C)NC(=O)COC(=O)c1c2c(nc3ccccc13)/C(=C\c1cccs1)CCC2. The molecule has 0 saturated heterocycles. The van der Waals surface area contributed by atoms with Crippen LogP contribution in [0.5, 0.6) is 0 Å². The van der Waals surface area contributed by atoms with E-state index in [0.29, 0.717) is 5.56 Å². The number of para-hydroxylation sites is 1. The van der Waals surface area contributed by atoms with Crippen molar-refractivity contribution in [3.63, 3.8) is 0 Å². The molecule has 0 saturated carbocycles. The molecule has 1 aliphatic rings. The molecular formula is C25H26N2O3S. The van der Waals surface area contributed by atoms with Gasteiger partial charge >= 0.3 is 5.97 Å². The average molecular weight is 435 g/mol. The quantitative estimate of drug-likeness (QED) is 0.539. The van der Waals surface area contributed by atoms with Crippen LogP contribution < -0.4 is 5.32 Å². The monoisotopic (exact) mass is 434 g/mol. The molecule has 0 radical (unpaired) electrons. The van der Waals surface area contributed by atoms with Crippen LogP contribution in [0.2, 0.25) is 0 Å². The van der Waals surface area contributed by atoms with E-state index in [9.17, 15) is 9.59 Å². The molecule has 31 heavy (non-hydrogen) atoms. The van der Waals surface area contributed by atoms with Crippen molar-refractivity contribution in [1.29, 1.82) is 0 Å². The number of esters is 1. The second-order valence-corrected chi connectivity index (χ2v) is 8.80. The molecule has 0 unspecified atom stereocenters. The predicted octanol–water partition coefficient (Wildman–Crippen LogP) is 5.24. The third-order valence-corrected chi connectivity index (χ3v) is 6.41. The Labute approximate surface area is 186 Å². The number of aromatic nitrogens is 1. The number of thiophene rings is 1. The Morgan fingerprint density at radius 1 is 1.23 bits per heavy atom. The van der Waals surface area contributed by atoms with Gasteiger partial charge in [0, 0.05) is 16.3 Å². The van der Waals surface area contributed by atoms with Crippen LogP contribution >= 0.6 is 11.3 Å². The fourth-order valence-electron chi connectivity index (χ4n) is 3.88. The molecule has 0 spiro atoms. The Bertz CT molecular complexity index is 1140. The van der Waals surface area contributed by atoms with E-state index in [1.807, 2.05) is 44.2 Å². The number of nitrogens with zero attached hydrogens (tertiary/aromatic N) is 1. The number of rotatable bonds is 6. The van der Waals surface area contributed by atoms with Crippen LogP contribution in [0.4, 0.5) is 0 Å². The van der Waals surface area contributed by atoms with Gasteiger partial charge in [0.2, 0.25) is 0 Å². The molecule has 0 aliphatic heterocycles. The summed E-state index contributed by atoms with van der Waals surface area (Å²) in [4.78, 5) is 31.4. The van der Waals surface area contributed by atoms with Crippen molar-refractivity contribution in [3.05, 3.63) is 63.5 Å². The van der Waals surface area contributed by atoms with E-state index < -0.39 is 5.97 Å². The molecule has 5 nitrogen and oxygen atoms in total. The zero-order valence-electron chi connectivity index (χ0n) is 17.8. The number of nitrogens with one attached hydrogen (secondary N) is 1. The molecule has 1 amide bonds. The summed E-state index contributed by atoms with van der Waals surface area (Å²) >= 11 is 1.68. The fourth-order valence-corrected chi connectivity index (χ4v) is 4.56. The molecule has 2 heterocycles. The molecule has 1 atom stereocenters. The van der Waals surface area contributed by atoms with Crippen LogP contribution in [0.1, 0.15) is 59.6 Å². The Morgan fingerprint density at radius 3 is 2.84 bits per heavy atom. The Kier molecular flexibility index (Phi) is 6.47. The molecule has 1 aliphatic carbocycles. The first-order chi connectivity index (χ1) is 15.1. The maximum absolute atomic E-state index is 13.2. The van der Waals surface area contributed by atoms with Crippen LogP contribution in [-0.2, 0) is 16.0 Å². The van der Waals surface area contributed by atoms with E-state index >= 15 is 0 Å². The molecular weight excluding hydrogens is 408 g/mol. The second-order valence-electron chi connectivity index (χ2n) is 7.82. The molecule has 1 N–H and O–H groups in total. The van der Waals surface area contributed by atoms with Crippen LogP contribution in [0.3, 0.4) is 0 Å². The summed E-state index contributed by atoms with van der Waals surface area (Å²) in [5, 5.41) is 5.65. The molecule has 2 aromatic heterocycles. The van der Waals surface area contributed by atoms with Crippen molar-refractivity contribution in [2.24, 2.45) is 0 Å². The first kappa shape index (κ1) is 21.2. The third-order valence-electron chi connectivity index (χ3n) is 5.59. The summed E-state index contributed by atoms with van der Waals surface area (Å²) in [6.07, 6.45) is 5.61. The summed E-state index contributed by atoms with van der Waals surface area (Å²) in [5.74, 6) is -0.750. The Hall–Kier alpha value is -2.99. The number of carbonyl (C=O) groups excluding carboxylic acids is 2. The Morgan fingerprint density at radius 2 is 2.06 bits per heavy atom. The molecule has 3 aromatic rings. The maximum atomic E-state index is 13.2. The normalized spacial score (nSPS) is 15.5. The summed E-state index contributed by atoms with van der Waals surface area (Å²) < 4.78 is 5.45. The number of pyridine rings is 1. The van der Waals surface area contributed by atoms with Crippen molar-refractivity contribution >= 4 is 45.8 Å². The smallest absolute Gasteiger partial charge is 0.339 e. The molecule has 0 bridgehead atoms. The first-order valence-corrected chi connectivity index (χ1v) is 11.6. The van der Waals surface area contributed by atoms with E-state index in [1.165, 1.54) is 4.88 Å².